The fourth-order valence-electron chi connectivity index (χ4n) is 9.46. The first-order chi connectivity index (χ1) is 30.1. The highest BCUT2D eigenvalue weighted by Crippen LogP contribution is 2.43. The quantitative estimate of drug-likeness (QED) is 0.110. The van der Waals surface area contributed by atoms with Crippen molar-refractivity contribution in [3.05, 3.63) is 235 Å². The molecular weight excluding hydrogens is 757 g/mol. The van der Waals surface area contributed by atoms with E-state index in [1.807, 2.05) is 11.3 Å². The van der Waals surface area contributed by atoms with Crippen LogP contribution in [0, 0.1) is 0 Å². The van der Waals surface area contributed by atoms with Gasteiger partial charge in [0.2, 0.25) is 0 Å². The molecule has 2 nitrogen and oxygen atoms in total. The number of thiophene rings is 1. The molecule has 0 fully saturated rings. The highest BCUT2D eigenvalue weighted by Gasteiger charge is 2.22. The van der Waals surface area contributed by atoms with Crippen molar-refractivity contribution in [2.24, 2.45) is 0 Å². The zero-order chi connectivity index (χ0) is 40.9. The molecule has 11 rings (SSSR count). The van der Waals surface area contributed by atoms with Crippen LogP contribution in [0.5, 0.6) is 0 Å². The van der Waals surface area contributed by atoms with Gasteiger partial charge < -0.3 is 9.47 Å². The third-order valence-corrected chi connectivity index (χ3v) is 13.5. The van der Waals surface area contributed by atoms with Crippen molar-refractivity contribution in [3.8, 4) is 5.69 Å². The smallest absolute Gasteiger partial charge is 0.0555 e. The van der Waals surface area contributed by atoms with Crippen molar-refractivity contribution < 1.29 is 0 Å². The number of nitrogens with zero attached hydrogens (tertiary/aromatic N) is 2. The summed E-state index contributed by atoms with van der Waals surface area (Å²) in [5, 5.41) is 10.3. The molecule has 3 heteroatoms. The zero-order valence-electron chi connectivity index (χ0n) is 34.3. The molecular formula is C58H44N2S. The fraction of sp³-hybridized carbons (Fsp3) is 0.0690. The molecule has 1 atom stereocenters. The zero-order valence-corrected chi connectivity index (χ0v) is 35.1. The second-order valence-electron chi connectivity index (χ2n) is 16.0. The SMILES string of the molecule is C/C=C(\C=C/C(C)c1ccc2c(ccc3ccccc32)c1)N(C1=CC=CCC(c2cccc3c2c2ccccc2n3-c2cccc3sc4ccccc4c23)=C1)c1ccccc1. The Morgan fingerprint density at radius 3 is 2.25 bits per heavy atom. The van der Waals surface area contributed by atoms with Gasteiger partial charge in [-0.1, -0.05) is 159 Å². The number of anilines is 1. The van der Waals surface area contributed by atoms with E-state index in [9.17, 15) is 0 Å². The summed E-state index contributed by atoms with van der Waals surface area (Å²) >= 11 is 1.87. The van der Waals surface area contributed by atoms with E-state index in [1.54, 1.807) is 0 Å². The Morgan fingerprint density at radius 2 is 1.36 bits per heavy atom. The molecule has 0 N–H and O–H groups in total. The molecule has 8 aromatic carbocycles. The van der Waals surface area contributed by atoms with Crippen LogP contribution in [0.3, 0.4) is 0 Å². The van der Waals surface area contributed by atoms with Crippen LogP contribution in [-0.2, 0) is 0 Å². The maximum atomic E-state index is 2.50. The fourth-order valence-corrected chi connectivity index (χ4v) is 10.6. The van der Waals surface area contributed by atoms with Gasteiger partial charge in [-0.15, -0.1) is 11.3 Å². The van der Waals surface area contributed by atoms with Crippen molar-refractivity contribution in [1.29, 1.82) is 0 Å². The maximum absolute atomic E-state index is 2.50. The van der Waals surface area contributed by atoms with Gasteiger partial charge in [0.05, 0.1) is 16.7 Å². The molecule has 1 aliphatic rings. The van der Waals surface area contributed by atoms with Gasteiger partial charge in [0.25, 0.3) is 0 Å². The topological polar surface area (TPSA) is 8.17 Å². The number of fused-ring (bicyclic) bond motifs is 9. The summed E-state index contributed by atoms with van der Waals surface area (Å²) in [4.78, 5) is 2.40. The molecule has 0 spiro atoms. The van der Waals surface area contributed by atoms with Crippen LogP contribution >= 0.6 is 11.3 Å². The lowest BCUT2D eigenvalue weighted by molar-refractivity contribution is 0.965. The molecule has 1 aliphatic carbocycles. The molecule has 61 heavy (non-hydrogen) atoms. The molecule has 1 unspecified atom stereocenters. The van der Waals surface area contributed by atoms with Gasteiger partial charge in [-0.2, -0.15) is 0 Å². The number of allylic oxidation sites excluding steroid dienone is 8. The first-order valence-corrected chi connectivity index (χ1v) is 22.1. The number of aromatic nitrogens is 1. The molecule has 0 saturated heterocycles. The third kappa shape index (κ3) is 6.41. The van der Waals surface area contributed by atoms with Crippen molar-refractivity contribution in [3.63, 3.8) is 0 Å². The number of rotatable bonds is 8. The minimum absolute atomic E-state index is 0.213. The summed E-state index contributed by atoms with van der Waals surface area (Å²) in [6.45, 7) is 4.44. The molecule has 10 aromatic rings. The summed E-state index contributed by atoms with van der Waals surface area (Å²) < 4.78 is 5.12. The van der Waals surface area contributed by atoms with E-state index in [0.29, 0.717) is 0 Å². The van der Waals surface area contributed by atoms with Crippen molar-refractivity contribution in [2.45, 2.75) is 26.2 Å². The number of hydrogen-bond donors (Lipinski definition) is 0. The first-order valence-electron chi connectivity index (χ1n) is 21.3. The summed E-state index contributed by atoms with van der Waals surface area (Å²) in [6, 6.07) is 62.2. The molecule has 0 saturated carbocycles. The normalized spacial score (nSPS) is 14.1. The van der Waals surface area contributed by atoms with Gasteiger partial charge in [0.1, 0.15) is 0 Å². The lowest BCUT2D eigenvalue weighted by Crippen LogP contribution is -2.20. The Balaban J connectivity index is 1.01. The molecule has 0 aliphatic heterocycles. The van der Waals surface area contributed by atoms with Crippen LogP contribution in [0.4, 0.5) is 5.69 Å². The second-order valence-corrected chi connectivity index (χ2v) is 17.1. The Hall–Kier alpha value is -7.20. The van der Waals surface area contributed by atoms with Crippen molar-refractivity contribution >= 4 is 86.1 Å². The van der Waals surface area contributed by atoms with E-state index in [2.05, 4.69) is 236 Å². The molecule has 292 valence electrons. The van der Waals surface area contributed by atoms with Gasteiger partial charge in [0.15, 0.2) is 0 Å². The van der Waals surface area contributed by atoms with E-state index >= 15 is 0 Å². The Kier molecular flexibility index (Phi) is 9.32. The van der Waals surface area contributed by atoms with E-state index in [4.69, 9.17) is 0 Å². The predicted molar refractivity (Wildman–Crippen MR) is 265 cm³/mol. The van der Waals surface area contributed by atoms with Crippen LogP contribution in [0.15, 0.2) is 224 Å². The van der Waals surface area contributed by atoms with E-state index < -0.39 is 0 Å². The van der Waals surface area contributed by atoms with Gasteiger partial charge in [0, 0.05) is 48.0 Å². The monoisotopic (exact) mass is 800 g/mol. The Morgan fingerprint density at radius 1 is 0.639 bits per heavy atom. The van der Waals surface area contributed by atoms with Crippen LogP contribution in [0.2, 0.25) is 0 Å². The van der Waals surface area contributed by atoms with Crippen LogP contribution < -0.4 is 4.90 Å². The minimum Gasteiger partial charge on any atom is -0.311 e. The molecule has 0 radical (unpaired) electrons. The van der Waals surface area contributed by atoms with Crippen LogP contribution in [0.1, 0.15) is 37.3 Å². The molecule has 2 aromatic heterocycles. The van der Waals surface area contributed by atoms with Crippen molar-refractivity contribution in [2.75, 3.05) is 4.90 Å². The van der Waals surface area contributed by atoms with E-state index in [1.165, 1.54) is 85.9 Å². The average Bonchev–Trinajstić information content (AvgIpc) is 3.76. The Labute approximate surface area is 360 Å². The highest BCUT2D eigenvalue weighted by molar-refractivity contribution is 7.25. The molecule has 0 amide bonds. The second kappa shape index (κ2) is 15.4. The van der Waals surface area contributed by atoms with Crippen molar-refractivity contribution in [1.82, 2.24) is 4.57 Å². The third-order valence-electron chi connectivity index (χ3n) is 12.4. The predicted octanol–water partition coefficient (Wildman–Crippen LogP) is 16.5. The van der Waals surface area contributed by atoms with Gasteiger partial charge in [-0.3, -0.25) is 0 Å². The maximum Gasteiger partial charge on any atom is 0.0555 e. The van der Waals surface area contributed by atoms with Gasteiger partial charge in [-0.25, -0.2) is 0 Å². The summed E-state index contributed by atoms with van der Waals surface area (Å²) in [6.07, 6.45) is 16.9. The average molecular weight is 801 g/mol. The van der Waals surface area contributed by atoms with Crippen LogP contribution in [0.25, 0.3) is 74.8 Å². The van der Waals surface area contributed by atoms with Gasteiger partial charge >= 0.3 is 0 Å². The summed E-state index contributed by atoms with van der Waals surface area (Å²) in [5.74, 6) is 0.213. The van der Waals surface area contributed by atoms with E-state index in [0.717, 1.165) is 23.5 Å². The van der Waals surface area contributed by atoms with Gasteiger partial charge in [-0.05, 0) is 118 Å². The first kappa shape index (κ1) is 36.8. The van der Waals surface area contributed by atoms with Crippen LogP contribution in [-0.4, -0.2) is 4.57 Å². The number of hydrogen-bond acceptors (Lipinski definition) is 2. The Bertz CT molecular complexity index is 3480. The standard InChI is InChI=1S/C58H44N2S/c1-3-44(35-31-39(2)41-34-36-48-43(37-41)33-32-40-17-8-10-22-47(40)48)59(45-19-5-4-6-20-45)46-21-9-7-18-42(38-46)49-25-15-27-53-57(49)50-23-11-13-26-52(50)60(53)54-28-16-30-56-58(54)51-24-12-14-29-55(51)61-56/h3-17,19-39H,18H2,1-2H3/b35-31-,44-3+. The molecule has 2 heterocycles. The number of benzene rings is 8. The number of para-hydroxylation sites is 2. The lowest BCUT2D eigenvalue weighted by atomic mass is 9.94. The highest BCUT2D eigenvalue weighted by atomic mass is 32.1. The summed E-state index contributed by atoms with van der Waals surface area (Å²) in [7, 11) is 0. The molecule has 0 bridgehead atoms. The lowest BCUT2D eigenvalue weighted by Gasteiger charge is -2.28. The minimum atomic E-state index is 0.213. The largest absolute Gasteiger partial charge is 0.311 e. The summed E-state index contributed by atoms with van der Waals surface area (Å²) in [5.41, 5.74) is 10.9. The van der Waals surface area contributed by atoms with E-state index in [-0.39, 0.29) is 5.92 Å².